The van der Waals surface area contributed by atoms with E-state index in [-0.39, 0.29) is 10.7 Å². The number of hydrogen-bond donors (Lipinski definition) is 2. The molecular formula is C25H21N3O6S. The Hall–Kier alpha value is -4.31. The zero-order valence-electron chi connectivity index (χ0n) is 18.6. The van der Waals surface area contributed by atoms with Gasteiger partial charge in [0.2, 0.25) is 5.76 Å². The molecule has 0 fully saturated rings. The van der Waals surface area contributed by atoms with Crippen molar-refractivity contribution in [3.63, 3.8) is 0 Å². The predicted octanol–water partition coefficient (Wildman–Crippen LogP) is 4.47. The Kier molecular flexibility index (Phi) is 5.87. The van der Waals surface area contributed by atoms with Gasteiger partial charge < -0.3 is 19.3 Å². The van der Waals surface area contributed by atoms with Crippen molar-refractivity contribution in [3.8, 4) is 22.8 Å². The highest BCUT2D eigenvalue weighted by atomic mass is 32.2. The number of nitrogens with one attached hydrogen (secondary N) is 2. The lowest BCUT2D eigenvalue weighted by molar-refractivity contribution is 0.0988. The zero-order chi connectivity index (χ0) is 24.4. The van der Waals surface area contributed by atoms with Gasteiger partial charge in [-0.2, -0.15) is 0 Å². The lowest BCUT2D eigenvalue weighted by atomic mass is 10.1. The summed E-state index contributed by atoms with van der Waals surface area (Å²) in [6.07, 6.45) is 0. The van der Waals surface area contributed by atoms with Gasteiger partial charge in [0.05, 0.1) is 4.90 Å². The van der Waals surface area contributed by atoms with E-state index in [0.29, 0.717) is 41.8 Å². The fourth-order valence-corrected chi connectivity index (χ4v) is 4.54. The molecule has 1 aliphatic rings. The van der Waals surface area contributed by atoms with Gasteiger partial charge in [-0.15, -0.1) is 0 Å². The van der Waals surface area contributed by atoms with Gasteiger partial charge in [-0.1, -0.05) is 35.0 Å². The quantitative estimate of drug-likeness (QED) is 0.408. The van der Waals surface area contributed by atoms with Crippen molar-refractivity contribution in [1.29, 1.82) is 0 Å². The molecule has 178 valence electrons. The first kappa shape index (κ1) is 22.5. The Balaban J connectivity index is 1.24. The summed E-state index contributed by atoms with van der Waals surface area (Å²) in [4.78, 5) is 12.6. The van der Waals surface area contributed by atoms with Gasteiger partial charge in [-0.3, -0.25) is 9.52 Å². The Morgan fingerprint density at radius 2 is 1.54 bits per heavy atom. The fourth-order valence-electron chi connectivity index (χ4n) is 3.46. The lowest BCUT2D eigenvalue weighted by Gasteiger charge is -2.19. The van der Waals surface area contributed by atoms with E-state index in [4.69, 9.17) is 14.0 Å². The first-order chi connectivity index (χ1) is 16.9. The highest BCUT2D eigenvalue weighted by Gasteiger charge is 2.20. The summed E-state index contributed by atoms with van der Waals surface area (Å²) >= 11 is 0. The van der Waals surface area contributed by atoms with Crippen LogP contribution >= 0.6 is 0 Å². The molecule has 0 atom stereocenters. The maximum absolute atomic E-state index is 12.8. The second kappa shape index (κ2) is 9.15. The molecule has 0 saturated carbocycles. The van der Waals surface area contributed by atoms with Crippen molar-refractivity contribution in [1.82, 2.24) is 5.16 Å². The molecule has 3 aromatic carbocycles. The van der Waals surface area contributed by atoms with Crippen molar-refractivity contribution >= 4 is 27.3 Å². The third-order valence-corrected chi connectivity index (χ3v) is 6.68. The minimum absolute atomic E-state index is 0.0498. The van der Waals surface area contributed by atoms with E-state index >= 15 is 0 Å². The number of hydrogen-bond acceptors (Lipinski definition) is 7. The Morgan fingerprint density at radius 3 is 2.29 bits per heavy atom. The summed E-state index contributed by atoms with van der Waals surface area (Å²) in [6.45, 7) is 2.77. The van der Waals surface area contributed by atoms with Crippen LogP contribution in [0.1, 0.15) is 16.1 Å². The summed E-state index contributed by atoms with van der Waals surface area (Å²) in [6, 6.07) is 20.0. The maximum atomic E-state index is 12.8. The van der Waals surface area contributed by atoms with Gasteiger partial charge in [0.25, 0.3) is 15.9 Å². The third-order valence-electron chi connectivity index (χ3n) is 5.30. The molecule has 1 aliphatic heterocycles. The number of aryl methyl sites for hydroxylation is 1. The van der Waals surface area contributed by atoms with Gasteiger partial charge in [-0.25, -0.2) is 8.42 Å². The molecule has 1 amide bonds. The lowest BCUT2D eigenvalue weighted by Crippen LogP contribution is -2.17. The molecule has 35 heavy (non-hydrogen) atoms. The zero-order valence-corrected chi connectivity index (χ0v) is 19.5. The number of amides is 1. The van der Waals surface area contributed by atoms with Crippen LogP contribution in [0.2, 0.25) is 0 Å². The smallest absolute Gasteiger partial charge is 0.294 e. The first-order valence-corrected chi connectivity index (χ1v) is 12.2. The number of ether oxygens (including phenoxy) is 2. The largest absolute Gasteiger partial charge is 0.486 e. The van der Waals surface area contributed by atoms with E-state index in [0.717, 1.165) is 11.1 Å². The van der Waals surface area contributed by atoms with Crippen molar-refractivity contribution in [2.45, 2.75) is 11.8 Å². The number of carbonyl (C=O) groups is 1. The maximum Gasteiger partial charge on any atom is 0.294 e. The normalized spacial score (nSPS) is 12.7. The topological polar surface area (TPSA) is 120 Å². The minimum atomic E-state index is -3.85. The Labute approximate surface area is 201 Å². The van der Waals surface area contributed by atoms with E-state index in [9.17, 15) is 13.2 Å². The van der Waals surface area contributed by atoms with Crippen LogP contribution < -0.4 is 19.5 Å². The van der Waals surface area contributed by atoms with Gasteiger partial charge in [0.1, 0.15) is 18.9 Å². The van der Waals surface area contributed by atoms with Gasteiger partial charge >= 0.3 is 0 Å². The van der Waals surface area contributed by atoms with Gasteiger partial charge in [-0.05, 0) is 43.3 Å². The molecule has 0 saturated heterocycles. The molecule has 0 bridgehead atoms. The molecule has 0 spiro atoms. The summed E-state index contributed by atoms with van der Waals surface area (Å²) in [5, 5.41) is 6.67. The van der Waals surface area contributed by atoms with Crippen LogP contribution in [0.5, 0.6) is 11.5 Å². The molecular weight excluding hydrogens is 470 g/mol. The van der Waals surface area contributed by atoms with Gasteiger partial charge in [0.15, 0.2) is 11.5 Å². The van der Waals surface area contributed by atoms with Crippen LogP contribution in [0.3, 0.4) is 0 Å². The monoisotopic (exact) mass is 491 g/mol. The number of sulfonamides is 1. The second-order valence-corrected chi connectivity index (χ2v) is 9.57. The number of rotatable bonds is 6. The predicted molar refractivity (Wildman–Crippen MR) is 129 cm³/mol. The van der Waals surface area contributed by atoms with Gasteiger partial charge in [0, 0.05) is 29.1 Å². The summed E-state index contributed by atoms with van der Waals surface area (Å²) in [5.74, 6) is 0.479. The summed E-state index contributed by atoms with van der Waals surface area (Å²) < 4.78 is 44.1. The van der Waals surface area contributed by atoms with Crippen LogP contribution in [-0.4, -0.2) is 32.7 Å². The van der Waals surface area contributed by atoms with Crippen molar-refractivity contribution in [3.05, 3.63) is 84.1 Å². The Bertz CT molecular complexity index is 1480. The van der Waals surface area contributed by atoms with E-state index in [1.54, 1.807) is 36.4 Å². The molecule has 0 unspecified atom stereocenters. The number of fused-ring (bicyclic) bond motifs is 1. The molecule has 4 aromatic rings. The molecule has 5 rings (SSSR count). The molecule has 2 heterocycles. The first-order valence-electron chi connectivity index (χ1n) is 10.7. The number of nitrogens with zero attached hydrogens (tertiary/aromatic N) is 1. The third kappa shape index (κ3) is 4.97. The van der Waals surface area contributed by atoms with E-state index in [1.807, 2.05) is 31.2 Å². The SMILES string of the molecule is Cc1ccc(-c2cc(C(=O)Nc3ccc(NS(=O)(=O)c4ccc5c(c4)OCCO5)cc3)on2)cc1. The van der Waals surface area contributed by atoms with Crippen LogP contribution in [0.4, 0.5) is 11.4 Å². The summed E-state index contributed by atoms with van der Waals surface area (Å²) in [5.41, 5.74) is 3.31. The second-order valence-electron chi connectivity index (χ2n) is 7.88. The Morgan fingerprint density at radius 1 is 0.857 bits per heavy atom. The highest BCUT2D eigenvalue weighted by Crippen LogP contribution is 2.33. The molecule has 2 N–H and O–H groups in total. The number of carbonyl (C=O) groups excluding carboxylic acids is 1. The standard InChI is InChI=1S/C25H21N3O6S/c1-16-2-4-17(5-3-16)21-15-24(34-27-21)25(29)26-18-6-8-19(9-7-18)28-35(30,31)20-10-11-22-23(14-20)33-13-12-32-22/h2-11,14-15,28H,12-13H2,1H3,(H,26,29). The van der Waals surface area contributed by atoms with Crippen molar-refractivity contribution in [2.75, 3.05) is 23.3 Å². The van der Waals surface area contributed by atoms with Crippen LogP contribution in [0.15, 0.2) is 82.2 Å². The van der Waals surface area contributed by atoms with Crippen LogP contribution in [0, 0.1) is 6.92 Å². The van der Waals surface area contributed by atoms with E-state index in [2.05, 4.69) is 15.2 Å². The van der Waals surface area contributed by atoms with Crippen LogP contribution in [0.25, 0.3) is 11.3 Å². The molecule has 9 nitrogen and oxygen atoms in total. The number of benzene rings is 3. The number of anilines is 2. The average molecular weight is 492 g/mol. The summed E-state index contributed by atoms with van der Waals surface area (Å²) in [7, 11) is -3.85. The van der Waals surface area contributed by atoms with Crippen molar-refractivity contribution < 1.29 is 27.2 Å². The highest BCUT2D eigenvalue weighted by molar-refractivity contribution is 7.92. The average Bonchev–Trinajstić information content (AvgIpc) is 3.36. The van der Waals surface area contributed by atoms with Crippen LogP contribution in [-0.2, 0) is 10.0 Å². The molecule has 1 aromatic heterocycles. The number of aromatic nitrogens is 1. The fraction of sp³-hybridized carbons (Fsp3) is 0.120. The minimum Gasteiger partial charge on any atom is -0.486 e. The molecule has 0 aliphatic carbocycles. The molecule has 10 heteroatoms. The van der Waals surface area contributed by atoms with E-state index < -0.39 is 15.9 Å². The van der Waals surface area contributed by atoms with Crippen molar-refractivity contribution in [2.24, 2.45) is 0 Å². The molecule has 0 radical (unpaired) electrons. The van der Waals surface area contributed by atoms with E-state index in [1.165, 1.54) is 12.1 Å².